The summed E-state index contributed by atoms with van der Waals surface area (Å²) >= 11 is 0. The number of hydrogen-bond donors (Lipinski definition) is 5. The summed E-state index contributed by atoms with van der Waals surface area (Å²) in [5, 5.41) is 14.8. The highest BCUT2D eigenvalue weighted by Gasteiger charge is 2.39. The largest absolute Gasteiger partial charge is 0.481 e. The maximum Gasteiger partial charge on any atom is 0.300 e. The van der Waals surface area contributed by atoms with Crippen LogP contribution < -0.4 is 17.2 Å². The minimum Gasteiger partial charge on any atom is -0.481 e. The normalized spacial score (nSPS) is 15.0. The number of aliphatic carboxylic acids is 2. The minimum atomic E-state index is -0.850. The van der Waals surface area contributed by atoms with Crippen molar-refractivity contribution >= 4 is 29.7 Å². The van der Waals surface area contributed by atoms with Crippen molar-refractivity contribution in [2.75, 3.05) is 19.6 Å². The van der Waals surface area contributed by atoms with Crippen molar-refractivity contribution in [2.45, 2.75) is 58.2 Å². The molecule has 1 aliphatic rings. The van der Waals surface area contributed by atoms with Gasteiger partial charge in [-0.25, -0.2) is 0 Å². The van der Waals surface area contributed by atoms with Gasteiger partial charge in [0.25, 0.3) is 17.8 Å². The number of carbonyl (C=O) groups is 5. The molecule has 196 valence electrons. The lowest BCUT2D eigenvalue weighted by Crippen LogP contribution is -2.53. The molecule has 1 saturated heterocycles. The third-order valence-corrected chi connectivity index (χ3v) is 4.73. The van der Waals surface area contributed by atoms with Gasteiger partial charge >= 0.3 is 0 Å². The highest BCUT2D eigenvalue weighted by atomic mass is 16.4. The molecule has 3 amide bonds. The van der Waals surface area contributed by atoms with Crippen LogP contribution >= 0.6 is 0 Å². The molecule has 0 bridgehead atoms. The summed E-state index contributed by atoms with van der Waals surface area (Å²) in [5.41, 5.74) is 17.7. The van der Waals surface area contributed by atoms with Crippen LogP contribution in [0.25, 0.3) is 0 Å². The fourth-order valence-corrected chi connectivity index (χ4v) is 3.30. The van der Waals surface area contributed by atoms with Crippen molar-refractivity contribution in [2.24, 2.45) is 17.2 Å². The lowest BCUT2D eigenvalue weighted by molar-refractivity contribution is -0.152. The summed E-state index contributed by atoms with van der Waals surface area (Å²) in [7, 11) is 0. The van der Waals surface area contributed by atoms with Crippen molar-refractivity contribution in [1.82, 2.24) is 9.80 Å². The van der Waals surface area contributed by atoms with E-state index in [4.69, 9.17) is 37.0 Å². The Balaban J connectivity index is 0.00000126. The Hall–Kier alpha value is -3.35. The smallest absolute Gasteiger partial charge is 0.300 e. The zero-order valence-corrected chi connectivity index (χ0v) is 20.3. The molecule has 8 N–H and O–H groups in total. The third-order valence-electron chi connectivity index (χ3n) is 4.73. The van der Waals surface area contributed by atoms with Crippen LogP contribution in [0.1, 0.15) is 45.1 Å². The van der Waals surface area contributed by atoms with E-state index in [2.05, 4.69) is 0 Å². The van der Waals surface area contributed by atoms with Gasteiger partial charge in [-0.05, 0) is 31.4 Å². The molecular weight excluding hydrogens is 458 g/mol. The molecule has 0 aliphatic carbocycles. The van der Waals surface area contributed by atoms with Crippen LogP contribution in [0.3, 0.4) is 0 Å². The van der Waals surface area contributed by atoms with E-state index in [1.165, 1.54) is 9.80 Å². The van der Waals surface area contributed by atoms with E-state index >= 15 is 0 Å². The van der Waals surface area contributed by atoms with Crippen molar-refractivity contribution < 1.29 is 34.2 Å². The van der Waals surface area contributed by atoms with Crippen LogP contribution in [0.2, 0.25) is 0 Å². The SMILES string of the molecule is CC(=O)O.CC(=O)O.NCCC(=O)N1CCC[C@H]1C(=O)N(Cc1ccccc1)C(=O)[C@@H](N)CCN. The number of nitrogens with two attached hydrogens (primary N) is 3. The standard InChI is InChI=1S/C19H29N5O3.2C2H4O2/c20-10-8-15(22)18(26)24(13-14-5-2-1-3-6-14)19(27)16-7-4-12-23(16)17(25)9-11-21;2*1-2(3)4/h1-3,5-6,15-16H,4,7-13,20-22H2;2*1H3,(H,3,4)/t15-,16-;;/m0../s1. The highest BCUT2D eigenvalue weighted by Crippen LogP contribution is 2.22. The lowest BCUT2D eigenvalue weighted by atomic mass is 10.1. The first-order valence-electron chi connectivity index (χ1n) is 11.2. The molecule has 1 aromatic carbocycles. The minimum absolute atomic E-state index is 0.117. The zero-order chi connectivity index (χ0) is 27.0. The van der Waals surface area contributed by atoms with Crippen LogP contribution in [0.4, 0.5) is 0 Å². The van der Waals surface area contributed by atoms with E-state index in [1.54, 1.807) is 0 Å². The van der Waals surface area contributed by atoms with Gasteiger partial charge in [0, 0.05) is 33.4 Å². The number of carboxylic acid groups (broad SMARTS) is 2. The van der Waals surface area contributed by atoms with Gasteiger partial charge in [0.15, 0.2) is 0 Å². The molecule has 1 heterocycles. The van der Waals surface area contributed by atoms with E-state index in [-0.39, 0.29) is 44.3 Å². The second-order valence-electron chi connectivity index (χ2n) is 7.75. The molecule has 0 saturated carbocycles. The second-order valence-corrected chi connectivity index (χ2v) is 7.75. The molecule has 12 heteroatoms. The average molecular weight is 496 g/mol. The van der Waals surface area contributed by atoms with E-state index in [0.29, 0.717) is 13.0 Å². The summed E-state index contributed by atoms with van der Waals surface area (Å²) in [5.74, 6) is -2.68. The van der Waals surface area contributed by atoms with Gasteiger partial charge in [0.05, 0.1) is 12.6 Å². The van der Waals surface area contributed by atoms with Crippen LogP contribution in [-0.4, -0.2) is 81.4 Å². The number of imide groups is 1. The lowest BCUT2D eigenvalue weighted by Gasteiger charge is -2.30. The van der Waals surface area contributed by atoms with Gasteiger partial charge in [-0.2, -0.15) is 0 Å². The number of benzene rings is 1. The van der Waals surface area contributed by atoms with Crippen molar-refractivity contribution in [3.63, 3.8) is 0 Å². The number of carbonyl (C=O) groups excluding carboxylic acids is 3. The first kappa shape index (κ1) is 31.6. The number of carboxylic acids is 2. The Labute approximate surface area is 205 Å². The predicted octanol–water partition coefficient (Wildman–Crippen LogP) is -0.260. The van der Waals surface area contributed by atoms with Crippen molar-refractivity contribution in [1.29, 1.82) is 0 Å². The summed E-state index contributed by atoms with van der Waals surface area (Å²) in [4.78, 5) is 59.1. The van der Waals surface area contributed by atoms with Gasteiger partial charge in [0.2, 0.25) is 11.8 Å². The molecule has 1 fully saturated rings. The van der Waals surface area contributed by atoms with Crippen molar-refractivity contribution in [3.05, 3.63) is 35.9 Å². The second kappa shape index (κ2) is 17.1. The van der Waals surface area contributed by atoms with Crippen LogP contribution in [0.5, 0.6) is 0 Å². The number of likely N-dealkylation sites (tertiary alicyclic amines) is 1. The summed E-state index contributed by atoms with van der Waals surface area (Å²) in [6, 6.07) is 7.73. The molecule has 2 atom stereocenters. The number of nitrogens with zero attached hydrogens (tertiary/aromatic N) is 2. The molecule has 12 nitrogen and oxygen atoms in total. The summed E-state index contributed by atoms with van der Waals surface area (Å²) < 4.78 is 0. The molecule has 0 aromatic heterocycles. The molecular formula is C23H37N5O7. The molecule has 2 rings (SSSR count). The quantitative estimate of drug-likeness (QED) is 0.319. The maximum atomic E-state index is 13.2. The zero-order valence-electron chi connectivity index (χ0n) is 20.3. The number of rotatable bonds is 8. The fraction of sp³-hybridized carbons (Fsp3) is 0.522. The number of hydrogen-bond acceptors (Lipinski definition) is 8. The third kappa shape index (κ3) is 12.6. The molecule has 0 spiro atoms. The molecule has 0 radical (unpaired) electrons. The average Bonchev–Trinajstić information content (AvgIpc) is 3.27. The molecule has 1 aliphatic heterocycles. The first-order chi connectivity index (χ1) is 16.5. The summed E-state index contributed by atoms with van der Waals surface area (Å²) in [6.07, 6.45) is 1.72. The number of amides is 3. The van der Waals surface area contributed by atoms with Gasteiger partial charge in [-0.3, -0.25) is 28.9 Å². The molecule has 1 aromatic rings. The van der Waals surface area contributed by atoms with E-state index in [9.17, 15) is 14.4 Å². The Morgan fingerprint density at radius 2 is 1.57 bits per heavy atom. The van der Waals surface area contributed by atoms with Gasteiger partial charge in [-0.1, -0.05) is 30.3 Å². The monoisotopic (exact) mass is 495 g/mol. The Bertz CT molecular complexity index is 815. The predicted molar refractivity (Wildman–Crippen MR) is 129 cm³/mol. The Kier molecular flexibility index (Phi) is 15.5. The van der Waals surface area contributed by atoms with Gasteiger partial charge < -0.3 is 32.3 Å². The summed E-state index contributed by atoms with van der Waals surface area (Å²) in [6.45, 7) is 3.26. The highest BCUT2D eigenvalue weighted by molar-refractivity contribution is 6.01. The van der Waals surface area contributed by atoms with E-state index < -0.39 is 29.9 Å². The maximum absolute atomic E-state index is 13.2. The van der Waals surface area contributed by atoms with Gasteiger partial charge in [0.1, 0.15) is 6.04 Å². The van der Waals surface area contributed by atoms with Crippen LogP contribution in [0.15, 0.2) is 30.3 Å². The topological polar surface area (TPSA) is 210 Å². The molecule has 35 heavy (non-hydrogen) atoms. The van der Waals surface area contributed by atoms with E-state index in [0.717, 1.165) is 25.8 Å². The van der Waals surface area contributed by atoms with Gasteiger partial charge in [-0.15, -0.1) is 0 Å². The molecule has 0 unspecified atom stereocenters. The Morgan fingerprint density at radius 1 is 1.03 bits per heavy atom. The Morgan fingerprint density at radius 3 is 2.06 bits per heavy atom. The van der Waals surface area contributed by atoms with E-state index in [1.807, 2.05) is 30.3 Å². The van der Waals surface area contributed by atoms with Crippen molar-refractivity contribution in [3.8, 4) is 0 Å². The van der Waals surface area contributed by atoms with Crippen LogP contribution in [-0.2, 0) is 30.5 Å². The first-order valence-corrected chi connectivity index (χ1v) is 11.2. The fourth-order valence-electron chi connectivity index (χ4n) is 3.30. The van der Waals surface area contributed by atoms with Crippen LogP contribution in [0, 0.1) is 0 Å².